The van der Waals surface area contributed by atoms with Crippen molar-refractivity contribution >= 4 is 0 Å². The molecule has 66 valence electrons. The summed E-state index contributed by atoms with van der Waals surface area (Å²) in [7, 11) is 0. The zero-order valence-corrected chi connectivity index (χ0v) is 6.86. The van der Waals surface area contributed by atoms with Gasteiger partial charge in [0.25, 0.3) is 0 Å². The minimum atomic E-state index is -0.981. The van der Waals surface area contributed by atoms with E-state index in [9.17, 15) is 5.11 Å². The molecule has 4 N–H and O–H groups in total. The van der Waals surface area contributed by atoms with Gasteiger partial charge in [-0.3, -0.25) is 4.98 Å². The Morgan fingerprint density at radius 3 is 2.83 bits per heavy atom. The Kier molecular flexibility index (Phi) is 2.30. The summed E-state index contributed by atoms with van der Waals surface area (Å²) in [6.45, 7) is 1.35. The van der Waals surface area contributed by atoms with E-state index in [1.54, 1.807) is 13.0 Å². The van der Waals surface area contributed by atoms with Gasteiger partial charge in [-0.1, -0.05) is 0 Å². The lowest BCUT2D eigenvalue weighted by atomic mass is 9.99. The van der Waals surface area contributed by atoms with Crippen LogP contribution in [-0.4, -0.2) is 21.8 Å². The van der Waals surface area contributed by atoms with Crippen LogP contribution in [0.15, 0.2) is 18.3 Å². The number of nitrogens with zero attached hydrogens (tertiary/aromatic N) is 1. The lowest BCUT2D eigenvalue weighted by molar-refractivity contribution is 0.203. The van der Waals surface area contributed by atoms with Crippen molar-refractivity contribution in [3.05, 3.63) is 24.0 Å². The second-order valence-corrected chi connectivity index (χ2v) is 2.95. The Morgan fingerprint density at radius 1 is 1.67 bits per heavy atom. The average Bonchev–Trinajstić information content (AvgIpc) is 2.05. The third-order valence-corrected chi connectivity index (χ3v) is 1.66. The molecule has 0 aliphatic carbocycles. The Labute approximate surface area is 70.7 Å². The van der Waals surface area contributed by atoms with Crippen LogP contribution < -0.4 is 5.73 Å². The summed E-state index contributed by atoms with van der Waals surface area (Å²) in [5.41, 5.74) is 5.00. The molecule has 0 aliphatic heterocycles. The Balaban J connectivity index is 3.10. The van der Waals surface area contributed by atoms with Crippen LogP contribution in [0.5, 0.6) is 5.75 Å². The van der Waals surface area contributed by atoms with E-state index in [2.05, 4.69) is 4.98 Å². The monoisotopic (exact) mass is 168 g/mol. The van der Waals surface area contributed by atoms with Crippen LogP contribution in [0, 0.1) is 0 Å². The van der Waals surface area contributed by atoms with E-state index in [1.807, 2.05) is 0 Å². The molecule has 0 saturated heterocycles. The molecule has 1 aromatic heterocycles. The highest BCUT2D eigenvalue weighted by molar-refractivity contribution is 5.30. The minimum Gasteiger partial charge on any atom is -0.506 e. The van der Waals surface area contributed by atoms with E-state index < -0.39 is 5.54 Å². The van der Waals surface area contributed by atoms with E-state index in [0.717, 1.165) is 0 Å². The number of rotatable bonds is 2. The predicted octanol–water partition coefficient (Wildman–Crippen LogP) is -0.0466. The molecule has 1 heterocycles. The zero-order valence-electron chi connectivity index (χ0n) is 6.86. The number of aliphatic hydroxyl groups excluding tert-OH is 1. The van der Waals surface area contributed by atoms with Gasteiger partial charge in [-0.2, -0.15) is 0 Å². The zero-order chi connectivity index (χ0) is 9.19. The molecule has 0 spiro atoms. The van der Waals surface area contributed by atoms with Crippen molar-refractivity contribution in [2.75, 3.05) is 6.61 Å². The largest absolute Gasteiger partial charge is 0.506 e. The number of aliphatic hydroxyl groups is 1. The van der Waals surface area contributed by atoms with Crippen molar-refractivity contribution in [3.63, 3.8) is 0 Å². The highest BCUT2D eigenvalue weighted by atomic mass is 16.3. The third kappa shape index (κ3) is 1.54. The van der Waals surface area contributed by atoms with Gasteiger partial charge in [0, 0.05) is 6.20 Å². The second-order valence-electron chi connectivity index (χ2n) is 2.95. The quantitative estimate of drug-likeness (QED) is 0.578. The van der Waals surface area contributed by atoms with Crippen LogP contribution >= 0.6 is 0 Å². The van der Waals surface area contributed by atoms with Gasteiger partial charge < -0.3 is 15.9 Å². The minimum absolute atomic E-state index is 0.0107. The lowest BCUT2D eigenvalue weighted by Crippen LogP contribution is -2.37. The van der Waals surface area contributed by atoms with Gasteiger partial charge in [-0.05, 0) is 19.1 Å². The fraction of sp³-hybridized carbons (Fsp3) is 0.375. The molecule has 0 aromatic carbocycles. The number of hydrogen-bond donors (Lipinski definition) is 3. The van der Waals surface area contributed by atoms with Crippen molar-refractivity contribution < 1.29 is 10.2 Å². The Morgan fingerprint density at radius 2 is 2.33 bits per heavy atom. The van der Waals surface area contributed by atoms with Crippen molar-refractivity contribution in [2.24, 2.45) is 5.73 Å². The summed E-state index contributed by atoms with van der Waals surface area (Å²) in [4.78, 5) is 3.89. The van der Waals surface area contributed by atoms with Crippen LogP contribution in [-0.2, 0) is 5.54 Å². The summed E-state index contributed by atoms with van der Waals surface area (Å²) in [5, 5.41) is 18.2. The van der Waals surface area contributed by atoms with E-state index >= 15 is 0 Å². The number of hydrogen-bond acceptors (Lipinski definition) is 4. The lowest BCUT2D eigenvalue weighted by Gasteiger charge is -2.21. The average molecular weight is 168 g/mol. The maximum atomic E-state index is 9.32. The van der Waals surface area contributed by atoms with E-state index in [0.29, 0.717) is 5.69 Å². The first-order valence-corrected chi connectivity index (χ1v) is 3.62. The van der Waals surface area contributed by atoms with Crippen LogP contribution in [0.1, 0.15) is 12.6 Å². The fourth-order valence-corrected chi connectivity index (χ4v) is 0.912. The first-order chi connectivity index (χ1) is 5.58. The number of pyridine rings is 1. The van der Waals surface area contributed by atoms with Crippen LogP contribution in [0.4, 0.5) is 0 Å². The first kappa shape index (κ1) is 8.96. The highest BCUT2D eigenvalue weighted by Crippen LogP contribution is 2.23. The standard InChI is InChI=1S/C8H12N2O2/c1-8(9,5-11)7-6(12)3-2-4-10-7/h2-4,11-12H,5,9H2,1H3/t8-/m1/s1. The van der Waals surface area contributed by atoms with E-state index in [1.165, 1.54) is 12.3 Å². The van der Waals surface area contributed by atoms with Gasteiger partial charge in [-0.15, -0.1) is 0 Å². The second kappa shape index (κ2) is 3.08. The summed E-state index contributed by atoms with van der Waals surface area (Å²) < 4.78 is 0. The van der Waals surface area contributed by atoms with Gasteiger partial charge in [0.05, 0.1) is 12.1 Å². The number of aromatic hydroxyl groups is 1. The topological polar surface area (TPSA) is 79.4 Å². The molecule has 12 heavy (non-hydrogen) atoms. The van der Waals surface area contributed by atoms with Crippen LogP contribution in [0.2, 0.25) is 0 Å². The molecular weight excluding hydrogens is 156 g/mol. The van der Waals surface area contributed by atoms with Gasteiger partial charge in [0.2, 0.25) is 0 Å². The summed E-state index contributed by atoms with van der Waals surface area (Å²) in [6, 6.07) is 3.09. The van der Waals surface area contributed by atoms with Crippen LogP contribution in [0.3, 0.4) is 0 Å². The highest BCUT2D eigenvalue weighted by Gasteiger charge is 2.24. The SMILES string of the molecule is C[C@@](N)(CO)c1ncccc1O. The van der Waals surface area contributed by atoms with Gasteiger partial charge in [-0.25, -0.2) is 0 Å². The summed E-state index contributed by atoms with van der Waals surface area (Å²) in [5.74, 6) is 0.0107. The maximum absolute atomic E-state index is 9.32. The fourth-order valence-electron chi connectivity index (χ4n) is 0.912. The molecule has 1 aromatic rings. The van der Waals surface area contributed by atoms with Crippen LogP contribution in [0.25, 0.3) is 0 Å². The maximum Gasteiger partial charge on any atom is 0.139 e. The molecular formula is C8H12N2O2. The molecule has 0 bridgehead atoms. The smallest absolute Gasteiger partial charge is 0.139 e. The normalized spacial score (nSPS) is 15.6. The first-order valence-electron chi connectivity index (χ1n) is 3.62. The molecule has 0 fully saturated rings. The Bertz CT molecular complexity index is 274. The molecule has 0 aliphatic rings. The van der Waals surface area contributed by atoms with Gasteiger partial charge >= 0.3 is 0 Å². The molecule has 1 rings (SSSR count). The molecule has 0 unspecified atom stereocenters. The molecule has 0 amide bonds. The predicted molar refractivity (Wildman–Crippen MR) is 44.5 cm³/mol. The van der Waals surface area contributed by atoms with E-state index in [-0.39, 0.29) is 12.4 Å². The van der Waals surface area contributed by atoms with Gasteiger partial charge in [0.1, 0.15) is 11.4 Å². The molecule has 0 saturated carbocycles. The van der Waals surface area contributed by atoms with Crippen molar-refractivity contribution in [2.45, 2.75) is 12.5 Å². The molecule has 4 nitrogen and oxygen atoms in total. The van der Waals surface area contributed by atoms with Crippen molar-refractivity contribution in [1.29, 1.82) is 0 Å². The molecule has 4 heteroatoms. The summed E-state index contributed by atoms with van der Waals surface area (Å²) >= 11 is 0. The summed E-state index contributed by atoms with van der Waals surface area (Å²) in [6.07, 6.45) is 1.52. The number of aromatic nitrogens is 1. The number of nitrogens with two attached hydrogens (primary N) is 1. The molecule has 1 atom stereocenters. The van der Waals surface area contributed by atoms with Gasteiger partial charge in [0.15, 0.2) is 0 Å². The van der Waals surface area contributed by atoms with Crippen molar-refractivity contribution in [3.8, 4) is 5.75 Å². The van der Waals surface area contributed by atoms with E-state index in [4.69, 9.17) is 10.8 Å². The third-order valence-electron chi connectivity index (χ3n) is 1.66. The molecule has 0 radical (unpaired) electrons. The Hall–Kier alpha value is -1.13. The van der Waals surface area contributed by atoms with Crippen molar-refractivity contribution in [1.82, 2.24) is 4.98 Å².